The number of hydrogen-bond donors (Lipinski definition) is 0. The Morgan fingerprint density at radius 3 is 1.77 bits per heavy atom. The van der Waals surface area contributed by atoms with E-state index in [1.54, 1.807) is 12.4 Å². The zero-order valence-corrected chi connectivity index (χ0v) is 24.2. The molecule has 0 unspecified atom stereocenters. The smallest absolute Gasteiger partial charge is 0.0971 e. The molecule has 3 nitrogen and oxygen atoms in total. The van der Waals surface area contributed by atoms with Crippen LogP contribution in [0.5, 0.6) is 0 Å². The molecule has 0 saturated heterocycles. The van der Waals surface area contributed by atoms with Crippen molar-refractivity contribution >= 4 is 54.4 Å². The summed E-state index contributed by atoms with van der Waals surface area (Å²) in [5.74, 6) is 0. The Labute approximate surface area is 254 Å². The van der Waals surface area contributed by atoms with Crippen molar-refractivity contribution in [3.63, 3.8) is 0 Å². The van der Waals surface area contributed by atoms with Crippen molar-refractivity contribution in [1.29, 1.82) is 0 Å². The fraction of sp³-hybridized carbons (Fsp3) is 0.0244. The highest BCUT2D eigenvalue weighted by atomic mass is 15.0. The summed E-state index contributed by atoms with van der Waals surface area (Å²) in [6.07, 6.45) is 3.57. The van der Waals surface area contributed by atoms with Gasteiger partial charge in [0.05, 0.1) is 22.1 Å². The van der Waals surface area contributed by atoms with Gasteiger partial charge in [-0.25, -0.2) is 0 Å². The van der Waals surface area contributed by atoms with Crippen molar-refractivity contribution in [2.24, 2.45) is 0 Å². The van der Waals surface area contributed by atoms with Gasteiger partial charge < -0.3 is 4.57 Å². The van der Waals surface area contributed by atoms with Gasteiger partial charge in [0.25, 0.3) is 0 Å². The number of aromatic nitrogens is 3. The SMILES string of the molecule is Cc1ccc2c(c1)c1cc(-c3cccc(-c4ccc5c(c4)c4ccccc4n5-c4ccccc4)c3)ccc1c1nccnc21. The highest BCUT2D eigenvalue weighted by Crippen LogP contribution is 2.38. The Morgan fingerprint density at radius 1 is 0.409 bits per heavy atom. The fourth-order valence-electron chi connectivity index (χ4n) is 6.86. The van der Waals surface area contributed by atoms with Gasteiger partial charge in [-0.3, -0.25) is 9.97 Å². The average Bonchev–Trinajstić information content (AvgIpc) is 3.42. The molecule has 0 aliphatic rings. The topological polar surface area (TPSA) is 30.7 Å². The molecule has 44 heavy (non-hydrogen) atoms. The van der Waals surface area contributed by atoms with Crippen LogP contribution in [0.1, 0.15) is 5.56 Å². The summed E-state index contributed by atoms with van der Waals surface area (Å²) >= 11 is 0. The van der Waals surface area contributed by atoms with Gasteiger partial charge in [0.15, 0.2) is 0 Å². The number of fused-ring (bicyclic) bond motifs is 9. The molecule has 0 saturated carbocycles. The molecule has 0 bridgehead atoms. The second kappa shape index (κ2) is 9.62. The first-order valence-corrected chi connectivity index (χ1v) is 15.0. The van der Waals surface area contributed by atoms with Crippen LogP contribution in [-0.2, 0) is 0 Å². The molecule has 0 fully saturated rings. The van der Waals surface area contributed by atoms with Crippen LogP contribution < -0.4 is 0 Å². The van der Waals surface area contributed by atoms with Gasteiger partial charge in [0.2, 0.25) is 0 Å². The summed E-state index contributed by atoms with van der Waals surface area (Å²) in [5, 5.41) is 7.21. The van der Waals surface area contributed by atoms with Crippen LogP contribution in [0.25, 0.3) is 82.3 Å². The molecule has 0 radical (unpaired) electrons. The summed E-state index contributed by atoms with van der Waals surface area (Å²) in [6.45, 7) is 2.15. The quantitative estimate of drug-likeness (QED) is 0.201. The lowest BCUT2D eigenvalue weighted by atomic mass is 9.93. The van der Waals surface area contributed by atoms with Crippen molar-refractivity contribution in [3.8, 4) is 27.9 Å². The van der Waals surface area contributed by atoms with Gasteiger partial charge in [-0.2, -0.15) is 0 Å². The first kappa shape index (κ1) is 24.8. The lowest BCUT2D eigenvalue weighted by molar-refractivity contribution is 1.18. The molecule has 9 aromatic rings. The van der Waals surface area contributed by atoms with E-state index in [-0.39, 0.29) is 0 Å². The van der Waals surface area contributed by atoms with Crippen molar-refractivity contribution in [3.05, 3.63) is 151 Å². The van der Waals surface area contributed by atoms with Crippen molar-refractivity contribution in [2.75, 3.05) is 0 Å². The summed E-state index contributed by atoms with van der Waals surface area (Å²) < 4.78 is 2.36. The molecule has 0 amide bonds. The third-order valence-corrected chi connectivity index (χ3v) is 8.91. The van der Waals surface area contributed by atoms with Gasteiger partial charge in [0, 0.05) is 39.6 Å². The molecular weight excluding hydrogens is 534 g/mol. The molecule has 2 heterocycles. The Balaban J connectivity index is 1.21. The maximum Gasteiger partial charge on any atom is 0.0971 e. The van der Waals surface area contributed by atoms with Crippen molar-refractivity contribution in [1.82, 2.24) is 14.5 Å². The molecule has 0 N–H and O–H groups in total. The maximum atomic E-state index is 4.74. The second-order valence-electron chi connectivity index (χ2n) is 11.6. The normalized spacial score (nSPS) is 11.8. The summed E-state index contributed by atoms with van der Waals surface area (Å²) in [4.78, 5) is 9.45. The number of benzene rings is 7. The van der Waals surface area contributed by atoms with E-state index in [9.17, 15) is 0 Å². The molecule has 0 aliphatic carbocycles. The van der Waals surface area contributed by atoms with E-state index in [4.69, 9.17) is 9.97 Å². The summed E-state index contributed by atoms with van der Waals surface area (Å²) in [7, 11) is 0. The van der Waals surface area contributed by atoms with Gasteiger partial charge in [-0.1, -0.05) is 96.6 Å². The Hall–Kier alpha value is -5.80. The Morgan fingerprint density at radius 2 is 1.00 bits per heavy atom. The minimum Gasteiger partial charge on any atom is -0.309 e. The van der Waals surface area contributed by atoms with E-state index in [0.29, 0.717) is 0 Å². The third-order valence-electron chi connectivity index (χ3n) is 8.91. The van der Waals surface area contributed by atoms with Crippen molar-refractivity contribution in [2.45, 2.75) is 6.92 Å². The predicted molar refractivity (Wildman–Crippen MR) is 184 cm³/mol. The van der Waals surface area contributed by atoms with E-state index in [0.717, 1.165) is 21.8 Å². The third kappa shape index (κ3) is 3.76. The Kier molecular flexibility index (Phi) is 5.41. The molecule has 9 rings (SSSR count). The number of para-hydroxylation sites is 2. The van der Waals surface area contributed by atoms with E-state index < -0.39 is 0 Å². The number of nitrogens with zero attached hydrogens (tertiary/aromatic N) is 3. The highest BCUT2D eigenvalue weighted by molar-refractivity contribution is 6.23. The largest absolute Gasteiger partial charge is 0.309 e. The van der Waals surface area contributed by atoms with Crippen LogP contribution in [0.3, 0.4) is 0 Å². The molecule has 206 valence electrons. The molecular formula is C41H27N3. The average molecular weight is 562 g/mol. The molecule has 3 heteroatoms. The first-order chi connectivity index (χ1) is 21.7. The summed E-state index contributed by atoms with van der Waals surface area (Å²) in [5.41, 5.74) is 11.5. The van der Waals surface area contributed by atoms with E-state index in [1.807, 2.05) is 0 Å². The van der Waals surface area contributed by atoms with Crippen LogP contribution in [0.15, 0.2) is 146 Å². The minimum absolute atomic E-state index is 0.946. The van der Waals surface area contributed by atoms with Crippen LogP contribution >= 0.6 is 0 Å². The van der Waals surface area contributed by atoms with Crippen LogP contribution in [-0.4, -0.2) is 14.5 Å². The predicted octanol–water partition coefficient (Wildman–Crippen LogP) is 10.7. The fourth-order valence-corrected chi connectivity index (χ4v) is 6.86. The van der Waals surface area contributed by atoms with Gasteiger partial charge in [-0.05, 0) is 82.4 Å². The standard InChI is InChI=1S/C41H27N3/c1-26-14-17-33-35(22-26)36-24-29(15-18-34(36)41-40(33)42-20-21-43-41)27-8-7-9-28(23-27)30-16-19-39-37(25-30)32-12-5-6-13-38(32)44(39)31-10-3-2-4-11-31/h2-25H,1H3. The van der Waals surface area contributed by atoms with Crippen LogP contribution in [0.2, 0.25) is 0 Å². The number of hydrogen-bond acceptors (Lipinski definition) is 2. The molecule has 0 spiro atoms. The van der Waals surface area contributed by atoms with Crippen molar-refractivity contribution < 1.29 is 0 Å². The molecule has 0 aliphatic heterocycles. The van der Waals surface area contributed by atoms with Gasteiger partial charge >= 0.3 is 0 Å². The van der Waals surface area contributed by atoms with Gasteiger partial charge in [-0.15, -0.1) is 0 Å². The maximum absolute atomic E-state index is 4.74. The van der Waals surface area contributed by atoms with Crippen LogP contribution in [0.4, 0.5) is 0 Å². The van der Waals surface area contributed by atoms with Crippen LogP contribution in [0, 0.1) is 6.92 Å². The monoisotopic (exact) mass is 561 g/mol. The van der Waals surface area contributed by atoms with E-state index in [1.165, 1.54) is 66.1 Å². The number of aryl methyl sites for hydroxylation is 1. The molecule has 7 aromatic carbocycles. The molecule has 0 atom stereocenters. The number of rotatable bonds is 3. The Bertz CT molecular complexity index is 2560. The summed E-state index contributed by atoms with van der Waals surface area (Å²) in [6, 6.07) is 48.4. The minimum atomic E-state index is 0.946. The zero-order chi connectivity index (χ0) is 29.2. The molecule has 2 aromatic heterocycles. The first-order valence-electron chi connectivity index (χ1n) is 15.0. The second-order valence-corrected chi connectivity index (χ2v) is 11.6. The lowest BCUT2D eigenvalue weighted by Gasteiger charge is -2.12. The lowest BCUT2D eigenvalue weighted by Crippen LogP contribution is -1.92. The zero-order valence-electron chi connectivity index (χ0n) is 24.2. The highest BCUT2D eigenvalue weighted by Gasteiger charge is 2.15. The van der Waals surface area contributed by atoms with E-state index in [2.05, 4.69) is 145 Å². The van der Waals surface area contributed by atoms with E-state index >= 15 is 0 Å². The van der Waals surface area contributed by atoms with Gasteiger partial charge in [0.1, 0.15) is 0 Å².